The zero-order valence-electron chi connectivity index (χ0n) is 7.66. The van der Waals surface area contributed by atoms with Crippen LogP contribution in [0.4, 0.5) is 5.95 Å². The molecule has 0 saturated heterocycles. The van der Waals surface area contributed by atoms with Crippen molar-refractivity contribution in [2.75, 3.05) is 18.9 Å². The van der Waals surface area contributed by atoms with Crippen molar-refractivity contribution in [3.63, 3.8) is 0 Å². The number of hydrogen-bond donors (Lipinski definition) is 2. The standard InChI is InChI=1S/C8H12N4O/c1-6-3-10-8(11-4-6)12-5-7(13)9-2/h3-4H,5H2,1-2H3,(H,9,13)(H,10,11,12). The average molecular weight is 180 g/mol. The van der Waals surface area contributed by atoms with E-state index >= 15 is 0 Å². The number of nitrogens with one attached hydrogen (secondary N) is 2. The molecule has 5 nitrogen and oxygen atoms in total. The van der Waals surface area contributed by atoms with Crippen molar-refractivity contribution in [2.24, 2.45) is 0 Å². The highest BCUT2D eigenvalue weighted by atomic mass is 16.1. The summed E-state index contributed by atoms with van der Waals surface area (Å²) in [6, 6.07) is 0. The van der Waals surface area contributed by atoms with Crippen molar-refractivity contribution in [3.8, 4) is 0 Å². The van der Waals surface area contributed by atoms with Crippen LogP contribution in [0.2, 0.25) is 0 Å². The van der Waals surface area contributed by atoms with Crippen LogP contribution in [0.1, 0.15) is 5.56 Å². The molecule has 0 aromatic carbocycles. The predicted octanol–water partition coefficient (Wildman–Crippen LogP) is -0.0571. The second kappa shape index (κ2) is 4.39. The van der Waals surface area contributed by atoms with Gasteiger partial charge in [-0.15, -0.1) is 0 Å². The quantitative estimate of drug-likeness (QED) is 0.684. The Bertz CT molecular complexity index is 283. The third-order valence-electron chi connectivity index (χ3n) is 1.47. The van der Waals surface area contributed by atoms with Crippen LogP contribution in [0.15, 0.2) is 12.4 Å². The van der Waals surface area contributed by atoms with Crippen LogP contribution >= 0.6 is 0 Å². The van der Waals surface area contributed by atoms with Gasteiger partial charge in [0.15, 0.2) is 0 Å². The first-order chi connectivity index (χ1) is 6.22. The number of anilines is 1. The van der Waals surface area contributed by atoms with Crippen molar-refractivity contribution in [1.29, 1.82) is 0 Å². The molecule has 0 unspecified atom stereocenters. The Balaban J connectivity index is 2.46. The average Bonchev–Trinajstić information content (AvgIpc) is 2.16. The van der Waals surface area contributed by atoms with Crippen LogP contribution < -0.4 is 10.6 Å². The molecule has 0 fully saturated rings. The maximum Gasteiger partial charge on any atom is 0.239 e. The third kappa shape index (κ3) is 3.06. The largest absolute Gasteiger partial charge is 0.358 e. The molecule has 2 N–H and O–H groups in total. The Morgan fingerprint density at radius 3 is 2.62 bits per heavy atom. The van der Waals surface area contributed by atoms with E-state index in [1.54, 1.807) is 19.4 Å². The number of nitrogens with zero attached hydrogens (tertiary/aromatic N) is 2. The summed E-state index contributed by atoms with van der Waals surface area (Å²) in [7, 11) is 1.58. The predicted molar refractivity (Wildman–Crippen MR) is 49.3 cm³/mol. The van der Waals surface area contributed by atoms with E-state index < -0.39 is 0 Å². The summed E-state index contributed by atoms with van der Waals surface area (Å²) in [4.78, 5) is 18.8. The number of aromatic nitrogens is 2. The Morgan fingerprint density at radius 1 is 1.46 bits per heavy atom. The molecule has 1 amide bonds. The van der Waals surface area contributed by atoms with Gasteiger partial charge in [0.25, 0.3) is 0 Å². The smallest absolute Gasteiger partial charge is 0.239 e. The topological polar surface area (TPSA) is 66.9 Å². The van der Waals surface area contributed by atoms with Gasteiger partial charge in [0.2, 0.25) is 11.9 Å². The van der Waals surface area contributed by atoms with Gasteiger partial charge < -0.3 is 10.6 Å². The van der Waals surface area contributed by atoms with Crippen molar-refractivity contribution in [3.05, 3.63) is 18.0 Å². The molecule has 70 valence electrons. The molecule has 5 heteroatoms. The molecule has 0 radical (unpaired) electrons. The van der Waals surface area contributed by atoms with E-state index in [0.29, 0.717) is 5.95 Å². The summed E-state index contributed by atoms with van der Waals surface area (Å²) < 4.78 is 0. The first kappa shape index (κ1) is 9.44. The molecule has 0 aliphatic carbocycles. The van der Waals surface area contributed by atoms with Crippen molar-refractivity contribution in [1.82, 2.24) is 15.3 Å². The summed E-state index contributed by atoms with van der Waals surface area (Å²) in [5.74, 6) is 0.373. The van der Waals surface area contributed by atoms with Crippen LogP contribution in [0.3, 0.4) is 0 Å². The lowest BCUT2D eigenvalue weighted by molar-refractivity contribution is -0.118. The van der Waals surface area contributed by atoms with Gasteiger partial charge in [-0.3, -0.25) is 4.79 Å². The zero-order chi connectivity index (χ0) is 9.68. The lowest BCUT2D eigenvalue weighted by Crippen LogP contribution is -2.26. The van der Waals surface area contributed by atoms with Crippen molar-refractivity contribution in [2.45, 2.75) is 6.92 Å². The highest BCUT2D eigenvalue weighted by Gasteiger charge is 1.98. The Kier molecular flexibility index (Phi) is 3.19. The molecule has 0 atom stereocenters. The first-order valence-corrected chi connectivity index (χ1v) is 3.95. The Labute approximate surface area is 76.6 Å². The third-order valence-corrected chi connectivity index (χ3v) is 1.47. The van der Waals surface area contributed by atoms with Crippen LogP contribution in [0.25, 0.3) is 0 Å². The minimum Gasteiger partial charge on any atom is -0.358 e. The highest BCUT2D eigenvalue weighted by molar-refractivity contribution is 5.79. The second-order valence-electron chi connectivity index (χ2n) is 2.61. The fourth-order valence-electron chi connectivity index (χ4n) is 0.732. The van der Waals surface area contributed by atoms with E-state index in [2.05, 4.69) is 20.6 Å². The summed E-state index contributed by atoms with van der Waals surface area (Å²) in [5, 5.41) is 5.28. The molecule has 0 saturated carbocycles. The van der Waals surface area contributed by atoms with Gasteiger partial charge in [0, 0.05) is 19.4 Å². The van der Waals surface area contributed by atoms with Gasteiger partial charge in [0.05, 0.1) is 6.54 Å². The van der Waals surface area contributed by atoms with Gasteiger partial charge in [-0.2, -0.15) is 0 Å². The van der Waals surface area contributed by atoms with E-state index in [1.165, 1.54) is 0 Å². The van der Waals surface area contributed by atoms with Gasteiger partial charge in [-0.05, 0) is 12.5 Å². The first-order valence-electron chi connectivity index (χ1n) is 3.95. The number of hydrogen-bond acceptors (Lipinski definition) is 4. The number of rotatable bonds is 3. The number of carbonyl (C=O) groups is 1. The van der Waals surface area contributed by atoms with Crippen LogP contribution in [-0.4, -0.2) is 29.5 Å². The van der Waals surface area contributed by atoms with Gasteiger partial charge >= 0.3 is 0 Å². The van der Waals surface area contributed by atoms with Gasteiger partial charge in [0.1, 0.15) is 0 Å². The van der Waals surface area contributed by atoms with E-state index in [0.717, 1.165) is 5.56 Å². The van der Waals surface area contributed by atoms with Crippen molar-refractivity contribution < 1.29 is 4.79 Å². The second-order valence-corrected chi connectivity index (χ2v) is 2.61. The van der Waals surface area contributed by atoms with E-state index in [4.69, 9.17) is 0 Å². The fourth-order valence-corrected chi connectivity index (χ4v) is 0.732. The molecule has 1 aromatic rings. The summed E-state index contributed by atoms with van der Waals surface area (Å²) in [6.07, 6.45) is 3.39. The maximum atomic E-state index is 10.8. The van der Waals surface area contributed by atoms with E-state index in [-0.39, 0.29) is 12.5 Å². The molecule has 0 bridgehead atoms. The lowest BCUT2D eigenvalue weighted by Gasteiger charge is -2.02. The SMILES string of the molecule is CNC(=O)CNc1ncc(C)cn1. The molecule has 0 spiro atoms. The van der Waals surface area contributed by atoms with Crippen LogP contribution in [0, 0.1) is 6.92 Å². The van der Waals surface area contributed by atoms with E-state index in [9.17, 15) is 4.79 Å². The van der Waals surface area contributed by atoms with E-state index in [1.807, 2.05) is 6.92 Å². The van der Waals surface area contributed by atoms with Crippen LogP contribution in [-0.2, 0) is 4.79 Å². The number of amides is 1. The maximum absolute atomic E-state index is 10.8. The number of aryl methyl sites for hydroxylation is 1. The molecule has 13 heavy (non-hydrogen) atoms. The molecule has 1 heterocycles. The summed E-state index contributed by atoms with van der Waals surface area (Å²) >= 11 is 0. The van der Waals surface area contributed by atoms with Crippen LogP contribution in [0.5, 0.6) is 0 Å². The Hall–Kier alpha value is -1.65. The van der Waals surface area contributed by atoms with Gasteiger partial charge in [-0.25, -0.2) is 9.97 Å². The van der Waals surface area contributed by atoms with Gasteiger partial charge in [-0.1, -0.05) is 0 Å². The van der Waals surface area contributed by atoms with Crippen molar-refractivity contribution >= 4 is 11.9 Å². The highest BCUT2D eigenvalue weighted by Crippen LogP contribution is 1.96. The lowest BCUT2D eigenvalue weighted by atomic mass is 10.4. The normalized spacial score (nSPS) is 9.38. The molecular formula is C8H12N4O. The Morgan fingerprint density at radius 2 is 2.08 bits per heavy atom. The number of carbonyl (C=O) groups excluding carboxylic acids is 1. The summed E-state index contributed by atoms with van der Waals surface area (Å²) in [6.45, 7) is 2.10. The fraction of sp³-hybridized carbons (Fsp3) is 0.375. The monoisotopic (exact) mass is 180 g/mol. The molecule has 1 aromatic heterocycles. The minimum absolute atomic E-state index is 0.0934. The number of likely N-dealkylation sites (N-methyl/N-ethyl adjacent to an activating group) is 1. The molecule has 0 aliphatic heterocycles. The molecular weight excluding hydrogens is 168 g/mol. The minimum atomic E-state index is -0.0934. The zero-order valence-corrected chi connectivity index (χ0v) is 7.66. The molecule has 0 aliphatic rings. The molecule has 1 rings (SSSR count). The summed E-state index contributed by atoms with van der Waals surface area (Å²) in [5.41, 5.74) is 0.991.